The van der Waals surface area contributed by atoms with Crippen molar-refractivity contribution >= 4 is 33.5 Å². The minimum absolute atomic E-state index is 0.332. The Kier molecular flexibility index (Phi) is 3.35. The molecule has 6 heteroatoms. The number of rotatable bonds is 3. The Morgan fingerprint density at radius 3 is 2.45 bits per heavy atom. The first-order valence-electron chi connectivity index (χ1n) is 6.20. The van der Waals surface area contributed by atoms with E-state index in [1.807, 2.05) is 12.1 Å². The van der Waals surface area contributed by atoms with Crippen molar-refractivity contribution in [3.8, 4) is 0 Å². The topological polar surface area (TPSA) is 75.6 Å². The van der Waals surface area contributed by atoms with E-state index < -0.39 is 30.0 Å². The molecule has 5 nitrogen and oxygen atoms in total. The van der Waals surface area contributed by atoms with E-state index >= 15 is 0 Å². The Morgan fingerprint density at radius 2 is 1.80 bits per heavy atom. The molecule has 104 valence electrons. The van der Waals surface area contributed by atoms with Gasteiger partial charge in [-0.2, -0.15) is 0 Å². The van der Waals surface area contributed by atoms with Gasteiger partial charge in [-0.1, -0.05) is 24.3 Å². The molecule has 2 heterocycles. The van der Waals surface area contributed by atoms with Crippen LogP contribution in [0.3, 0.4) is 0 Å². The molecule has 0 spiro atoms. The molecule has 2 aliphatic heterocycles. The standard InChI is InChI=1S/C14H12BrNO4/c15-7-3-1-2-4-8(7)16-13(17)11-9-5-6-10(20-9)12(11)14(18)19/h1-6,9-12H,(H,16,17)(H,18,19). The predicted octanol–water partition coefficient (Wildman–Crippen LogP) is 2.04. The molecule has 1 saturated heterocycles. The fraction of sp³-hybridized carbons (Fsp3) is 0.286. The zero-order valence-corrected chi connectivity index (χ0v) is 11.9. The number of carbonyl (C=O) groups excluding carboxylic acids is 1. The molecular formula is C14H12BrNO4. The van der Waals surface area contributed by atoms with Crippen LogP contribution >= 0.6 is 15.9 Å². The van der Waals surface area contributed by atoms with E-state index in [2.05, 4.69) is 21.2 Å². The Labute approximate surface area is 123 Å². The van der Waals surface area contributed by atoms with Crippen LogP contribution < -0.4 is 5.32 Å². The third kappa shape index (κ3) is 2.14. The Hall–Kier alpha value is -1.66. The van der Waals surface area contributed by atoms with Crippen molar-refractivity contribution in [3.05, 3.63) is 40.9 Å². The number of benzene rings is 1. The molecule has 2 N–H and O–H groups in total. The SMILES string of the molecule is O=C(O)C1C2C=CC(O2)C1C(=O)Nc1ccccc1Br. The third-order valence-electron chi connectivity index (χ3n) is 3.62. The van der Waals surface area contributed by atoms with E-state index in [0.717, 1.165) is 4.47 Å². The average Bonchev–Trinajstić information content (AvgIpc) is 3.01. The molecule has 2 aliphatic rings. The summed E-state index contributed by atoms with van der Waals surface area (Å²) in [5.41, 5.74) is 0.619. The number of carboxylic acids is 1. The zero-order valence-electron chi connectivity index (χ0n) is 10.3. The summed E-state index contributed by atoms with van der Waals surface area (Å²) in [6, 6.07) is 7.19. The van der Waals surface area contributed by atoms with E-state index in [4.69, 9.17) is 4.74 Å². The highest BCUT2D eigenvalue weighted by Crippen LogP contribution is 2.40. The van der Waals surface area contributed by atoms with Crippen LogP contribution in [0, 0.1) is 11.8 Å². The lowest BCUT2D eigenvalue weighted by atomic mass is 9.82. The summed E-state index contributed by atoms with van der Waals surface area (Å²) < 4.78 is 6.23. The number of para-hydroxylation sites is 1. The quantitative estimate of drug-likeness (QED) is 0.827. The summed E-state index contributed by atoms with van der Waals surface area (Å²) in [4.78, 5) is 23.7. The largest absolute Gasteiger partial charge is 0.481 e. The van der Waals surface area contributed by atoms with Gasteiger partial charge in [0.1, 0.15) is 5.92 Å². The van der Waals surface area contributed by atoms with Gasteiger partial charge in [0.15, 0.2) is 0 Å². The number of anilines is 1. The molecule has 1 amide bonds. The van der Waals surface area contributed by atoms with Crippen molar-refractivity contribution in [2.24, 2.45) is 11.8 Å². The summed E-state index contributed by atoms with van der Waals surface area (Å²) in [5.74, 6) is -2.86. The number of ether oxygens (including phenoxy) is 1. The van der Waals surface area contributed by atoms with Crippen molar-refractivity contribution in [2.75, 3.05) is 5.32 Å². The van der Waals surface area contributed by atoms with Crippen LogP contribution in [0.4, 0.5) is 5.69 Å². The van der Waals surface area contributed by atoms with Crippen LogP contribution in [0.2, 0.25) is 0 Å². The highest BCUT2D eigenvalue weighted by molar-refractivity contribution is 9.10. The third-order valence-corrected chi connectivity index (χ3v) is 4.31. The highest BCUT2D eigenvalue weighted by atomic mass is 79.9. The fourth-order valence-corrected chi connectivity index (χ4v) is 3.08. The summed E-state index contributed by atoms with van der Waals surface area (Å²) in [7, 11) is 0. The molecule has 0 saturated carbocycles. The normalized spacial score (nSPS) is 30.4. The summed E-state index contributed by atoms with van der Waals surface area (Å²) in [6.45, 7) is 0. The second-order valence-electron chi connectivity index (χ2n) is 4.81. The van der Waals surface area contributed by atoms with Crippen molar-refractivity contribution < 1.29 is 19.4 Å². The Balaban J connectivity index is 1.82. The minimum Gasteiger partial charge on any atom is -0.481 e. The zero-order chi connectivity index (χ0) is 14.3. The van der Waals surface area contributed by atoms with Gasteiger partial charge in [0.05, 0.1) is 23.8 Å². The summed E-state index contributed by atoms with van der Waals surface area (Å²) >= 11 is 3.34. The van der Waals surface area contributed by atoms with E-state index in [0.29, 0.717) is 5.69 Å². The maximum absolute atomic E-state index is 12.4. The number of halogens is 1. The van der Waals surface area contributed by atoms with Crippen LogP contribution in [-0.4, -0.2) is 29.2 Å². The van der Waals surface area contributed by atoms with E-state index in [1.165, 1.54) is 0 Å². The van der Waals surface area contributed by atoms with Gasteiger partial charge < -0.3 is 15.2 Å². The summed E-state index contributed by atoms with van der Waals surface area (Å²) in [6.07, 6.45) is 2.51. The fourth-order valence-electron chi connectivity index (χ4n) is 2.69. The lowest BCUT2D eigenvalue weighted by Gasteiger charge is -2.21. The monoisotopic (exact) mass is 337 g/mol. The van der Waals surface area contributed by atoms with Crippen LogP contribution in [0.1, 0.15) is 0 Å². The molecule has 1 fully saturated rings. The van der Waals surface area contributed by atoms with Gasteiger partial charge in [0.25, 0.3) is 0 Å². The summed E-state index contributed by atoms with van der Waals surface area (Å²) in [5, 5.41) is 12.0. The number of carboxylic acid groups (broad SMARTS) is 1. The van der Waals surface area contributed by atoms with Gasteiger partial charge in [0, 0.05) is 4.47 Å². The van der Waals surface area contributed by atoms with Crippen molar-refractivity contribution in [1.82, 2.24) is 0 Å². The minimum atomic E-state index is -1.01. The molecule has 4 atom stereocenters. The molecule has 1 aromatic carbocycles. The van der Waals surface area contributed by atoms with Gasteiger partial charge in [-0.25, -0.2) is 0 Å². The first-order chi connectivity index (χ1) is 9.58. The van der Waals surface area contributed by atoms with E-state index in [-0.39, 0.29) is 5.91 Å². The second kappa shape index (κ2) is 5.03. The molecule has 0 aromatic heterocycles. The number of aliphatic carboxylic acids is 1. The molecule has 2 bridgehead atoms. The first kappa shape index (κ1) is 13.3. The van der Waals surface area contributed by atoms with E-state index in [9.17, 15) is 14.7 Å². The number of hydrogen-bond donors (Lipinski definition) is 2. The number of amides is 1. The smallest absolute Gasteiger partial charge is 0.310 e. The van der Waals surface area contributed by atoms with Gasteiger partial charge in [-0.3, -0.25) is 9.59 Å². The molecule has 4 unspecified atom stereocenters. The van der Waals surface area contributed by atoms with Crippen LogP contribution in [0.5, 0.6) is 0 Å². The van der Waals surface area contributed by atoms with Gasteiger partial charge in [-0.05, 0) is 28.1 Å². The molecule has 20 heavy (non-hydrogen) atoms. The number of nitrogens with one attached hydrogen (secondary N) is 1. The van der Waals surface area contributed by atoms with Gasteiger partial charge in [-0.15, -0.1) is 0 Å². The van der Waals surface area contributed by atoms with Crippen molar-refractivity contribution in [2.45, 2.75) is 12.2 Å². The molecule has 3 rings (SSSR count). The molecule has 0 aliphatic carbocycles. The molecule has 1 aromatic rings. The van der Waals surface area contributed by atoms with Gasteiger partial charge >= 0.3 is 5.97 Å². The van der Waals surface area contributed by atoms with E-state index in [1.54, 1.807) is 24.3 Å². The lowest BCUT2D eigenvalue weighted by Crippen LogP contribution is -2.39. The number of hydrogen-bond acceptors (Lipinski definition) is 3. The maximum atomic E-state index is 12.4. The second-order valence-corrected chi connectivity index (χ2v) is 5.66. The maximum Gasteiger partial charge on any atom is 0.310 e. The van der Waals surface area contributed by atoms with Gasteiger partial charge in [0.2, 0.25) is 5.91 Å². The Bertz CT molecular complexity index is 601. The Morgan fingerprint density at radius 1 is 1.15 bits per heavy atom. The number of carbonyl (C=O) groups is 2. The first-order valence-corrected chi connectivity index (χ1v) is 6.99. The molecular weight excluding hydrogens is 326 g/mol. The predicted molar refractivity (Wildman–Crippen MR) is 75.2 cm³/mol. The average molecular weight is 338 g/mol. The van der Waals surface area contributed by atoms with Crippen LogP contribution in [-0.2, 0) is 14.3 Å². The van der Waals surface area contributed by atoms with Crippen molar-refractivity contribution in [1.29, 1.82) is 0 Å². The molecule has 0 radical (unpaired) electrons. The highest BCUT2D eigenvalue weighted by Gasteiger charge is 2.53. The number of fused-ring (bicyclic) bond motifs is 2. The van der Waals surface area contributed by atoms with Crippen LogP contribution in [0.25, 0.3) is 0 Å². The lowest BCUT2D eigenvalue weighted by molar-refractivity contribution is -0.145. The van der Waals surface area contributed by atoms with Crippen LogP contribution in [0.15, 0.2) is 40.9 Å². The van der Waals surface area contributed by atoms with Crippen molar-refractivity contribution in [3.63, 3.8) is 0 Å².